The van der Waals surface area contributed by atoms with Gasteiger partial charge >= 0.3 is 0 Å². The summed E-state index contributed by atoms with van der Waals surface area (Å²) in [6.45, 7) is 11.1. The van der Waals surface area contributed by atoms with E-state index in [1.807, 2.05) is 31.4 Å². The van der Waals surface area contributed by atoms with Crippen molar-refractivity contribution in [2.75, 3.05) is 20.1 Å². The summed E-state index contributed by atoms with van der Waals surface area (Å²) in [5.74, 6) is 0.984. The summed E-state index contributed by atoms with van der Waals surface area (Å²) in [5, 5.41) is 3.48. The van der Waals surface area contributed by atoms with E-state index in [9.17, 15) is 0 Å². The number of halogens is 1. The third-order valence-corrected chi connectivity index (χ3v) is 5.43. The Balaban J connectivity index is 0.00000208. The normalized spacial score (nSPS) is 18.9. The molecule has 1 N–H and O–H groups in total. The number of nitrogens with one attached hydrogen (secondary N) is 1. The number of likely N-dealkylation sites (tertiary alicyclic amines) is 1. The van der Waals surface area contributed by atoms with Crippen LogP contribution in [0.5, 0.6) is 0 Å². The van der Waals surface area contributed by atoms with Crippen molar-refractivity contribution in [3.05, 3.63) is 36.3 Å². The number of aromatic nitrogens is 2. The highest BCUT2D eigenvalue weighted by atomic mass is 127. The van der Waals surface area contributed by atoms with Crippen LogP contribution in [-0.2, 0) is 6.42 Å². The van der Waals surface area contributed by atoms with Gasteiger partial charge in [0.1, 0.15) is 5.65 Å². The molecular weight excluding hydrogens is 413 g/mol. The van der Waals surface area contributed by atoms with Crippen LogP contribution in [0.4, 0.5) is 0 Å². The molecule has 1 saturated heterocycles. The molecule has 24 heavy (non-hydrogen) atoms. The molecule has 0 amide bonds. The Kier molecular flexibility index (Phi) is 5.47. The minimum Gasteiger partial charge on any atom is -0.356 e. The van der Waals surface area contributed by atoms with Crippen LogP contribution < -0.4 is 5.32 Å². The average molecular weight is 441 g/mol. The molecular formula is C18H28IN5. The molecule has 2 aromatic heterocycles. The minimum atomic E-state index is 0. The zero-order valence-corrected chi connectivity index (χ0v) is 17.5. The van der Waals surface area contributed by atoms with E-state index >= 15 is 0 Å². The summed E-state index contributed by atoms with van der Waals surface area (Å²) >= 11 is 0. The first kappa shape index (κ1) is 19.0. The molecule has 3 rings (SSSR count). The van der Waals surface area contributed by atoms with E-state index in [1.54, 1.807) is 0 Å². The van der Waals surface area contributed by atoms with Gasteiger partial charge in [-0.25, -0.2) is 4.98 Å². The third-order valence-electron chi connectivity index (χ3n) is 5.43. The lowest BCUT2D eigenvalue weighted by Gasteiger charge is -2.62. The second kappa shape index (κ2) is 6.90. The van der Waals surface area contributed by atoms with E-state index in [0.717, 1.165) is 36.8 Å². The molecule has 3 heterocycles. The van der Waals surface area contributed by atoms with E-state index in [4.69, 9.17) is 0 Å². The summed E-state index contributed by atoms with van der Waals surface area (Å²) in [5.41, 5.74) is 2.53. The summed E-state index contributed by atoms with van der Waals surface area (Å²) in [6, 6.07) is 6.06. The predicted molar refractivity (Wildman–Crippen MR) is 110 cm³/mol. The van der Waals surface area contributed by atoms with Crippen LogP contribution in [0.15, 0.2) is 35.6 Å². The number of nitrogens with zero attached hydrogens (tertiary/aromatic N) is 4. The van der Waals surface area contributed by atoms with Crippen molar-refractivity contribution in [1.29, 1.82) is 0 Å². The Labute approximate surface area is 161 Å². The van der Waals surface area contributed by atoms with E-state index in [0.29, 0.717) is 5.41 Å². The van der Waals surface area contributed by atoms with Gasteiger partial charge in [-0.1, -0.05) is 19.9 Å². The van der Waals surface area contributed by atoms with Gasteiger partial charge in [0.25, 0.3) is 0 Å². The average Bonchev–Trinajstić information content (AvgIpc) is 2.92. The van der Waals surface area contributed by atoms with Gasteiger partial charge in [-0.15, -0.1) is 24.0 Å². The van der Waals surface area contributed by atoms with Gasteiger partial charge in [-0.2, -0.15) is 0 Å². The first-order chi connectivity index (χ1) is 10.8. The summed E-state index contributed by atoms with van der Waals surface area (Å²) in [6.07, 6.45) is 5.01. The molecule has 0 unspecified atom stereocenters. The van der Waals surface area contributed by atoms with Crippen molar-refractivity contribution in [2.24, 2.45) is 10.4 Å². The topological polar surface area (TPSA) is 44.9 Å². The Morgan fingerprint density at radius 1 is 1.29 bits per heavy atom. The maximum atomic E-state index is 4.64. The quantitative estimate of drug-likeness (QED) is 0.452. The molecule has 0 radical (unpaired) electrons. The zero-order chi connectivity index (χ0) is 16.7. The fraction of sp³-hybridized carbons (Fsp3) is 0.556. The lowest BCUT2D eigenvalue weighted by atomic mass is 9.65. The lowest BCUT2D eigenvalue weighted by Crippen LogP contribution is -2.72. The van der Waals surface area contributed by atoms with Crippen LogP contribution in [0, 0.1) is 5.41 Å². The standard InChI is InChI=1S/C18H27N5.HI/c1-17(2)13-23(18(17,3)4)16(19-5)20-10-9-14-12-22-11-7-6-8-15(22)21-14;/h6-8,11-12H,9-10,13H2,1-5H3,(H,19,20);1H. The molecule has 1 fully saturated rings. The fourth-order valence-corrected chi connectivity index (χ4v) is 3.11. The van der Waals surface area contributed by atoms with Crippen LogP contribution in [0.1, 0.15) is 33.4 Å². The summed E-state index contributed by atoms with van der Waals surface area (Å²) in [7, 11) is 1.86. The highest BCUT2D eigenvalue weighted by Gasteiger charge is 2.53. The van der Waals surface area contributed by atoms with Crippen LogP contribution in [-0.4, -0.2) is 45.9 Å². The molecule has 0 aliphatic carbocycles. The first-order valence-corrected chi connectivity index (χ1v) is 8.26. The van der Waals surface area contributed by atoms with Gasteiger partial charge in [0.05, 0.1) is 5.69 Å². The second-order valence-electron chi connectivity index (χ2n) is 7.45. The number of rotatable bonds is 3. The Morgan fingerprint density at radius 3 is 2.62 bits per heavy atom. The van der Waals surface area contributed by atoms with Crippen molar-refractivity contribution < 1.29 is 0 Å². The Morgan fingerprint density at radius 2 is 2.04 bits per heavy atom. The molecule has 132 valence electrons. The molecule has 1 aliphatic rings. The fourth-order valence-electron chi connectivity index (χ4n) is 3.11. The number of hydrogen-bond donors (Lipinski definition) is 1. The van der Waals surface area contributed by atoms with Gasteiger partial charge in [0, 0.05) is 49.9 Å². The van der Waals surface area contributed by atoms with Crippen molar-refractivity contribution in [3.8, 4) is 0 Å². The van der Waals surface area contributed by atoms with Gasteiger partial charge in [0.2, 0.25) is 0 Å². The van der Waals surface area contributed by atoms with Gasteiger partial charge < -0.3 is 14.6 Å². The summed E-state index contributed by atoms with van der Waals surface area (Å²) in [4.78, 5) is 11.4. The maximum absolute atomic E-state index is 4.64. The molecule has 0 spiro atoms. The number of hydrogen-bond acceptors (Lipinski definition) is 2. The Bertz CT molecular complexity index is 699. The van der Waals surface area contributed by atoms with Crippen LogP contribution in [0.2, 0.25) is 0 Å². The van der Waals surface area contributed by atoms with E-state index in [2.05, 4.69) is 58.5 Å². The van der Waals surface area contributed by atoms with Gasteiger partial charge in [-0.05, 0) is 26.0 Å². The highest BCUT2D eigenvalue weighted by Crippen LogP contribution is 2.46. The number of fused-ring (bicyclic) bond motifs is 1. The molecule has 6 heteroatoms. The molecule has 0 aromatic carbocycles. The second-order valence-corrected chi connectivity index (χ2v) is 7.45. The predicted octanol–water partition coefficient (Wildman–Crippen LogP) is 3.19. The molecule has 5 nitrogen and oxygen atoms in total. The van der Waals surface area contributed by atoms with Crippen molar-refractivity contribution in [1.82, 2.24) is 19.6 Å². The molecule has 0 bridgehead atoms. The zero-order valence-electron chi connectivity index (χ0n) is 15.2. The summed E-state index contributed by atoms with van der Waals surface area (Å²) < 4.78 is 2.06. The van der Waals surface area contributed by atoms with Crippen molar-refractivity contribution in [3.63, 3.8) is 0 Å². The number of aliphatic imine (C=N–C) groups is 1. The molecule has 0 saturated carbocycles. The van der Waals surface area contributed by atoms with Crippen LogP contribution in [0.3, 0.4) is 0 Å². The third kappa shape index (κ3) is 3.25. The van der Waals surface area contributed by atoms with E-state index < -0.39 is 0 Å². The van der Waals surface area contributed by atoms with Gasteiger partial charge in [-0.3, -0.25) is 4.99 Å². The number of pyridine rings is 1. The SMILES string of the molecule is CN=C(NCCc1cn2ccccc2n1)N1CC(C)(C)C1(C)C.I. The maximum Gasteiger partial charge on any atom is 0.194 e. The number of imidazole rings is 1. The van der Waals surface area contributed by atoms with Crippen molar-refractivity contribution in [2.45, 2.75) is 39.7 Å². The largest absolute Gasteiger partial charge is 0.356 e. The Hall–Kier alpha value is -1.31. The van der Waals surface area contributed by atoms with E-state index in [-0.39, 0.29) is 29.5 Å². The van der Waals surface area contributed by atoms with E-state index in [1.165, 1.54) is 0 Å². The first-order valence-electron chi connectivity index (χ1n) is 8.26. The smallest absolute Gasteiger partial charge is 0.194 e. The molecule has 2 aromatic rings. The minimum absolute atomic E-state index is 0. The lowest BCUT2D eigenvalue weighted by molar-refractivity contribution is -0.0666. The van der Waals surface area contributed by atoms with Crippen LogP contribution >= 0.6 is 24.0 Å². The molecule has 0 atom stereocenters. The van der Waals surface area contributed by atoms with Crippen LogP contribution in [0.25, 0.3) is 5.65 Å². The number of guanidine groups is 1. The van der Waals surface area contributed by atoms with Gasteiger partial charge in [0.15, 0.2) is 5.96 Å². The highest BCUT2D eigenvalue weighted by molar-refractivity contribution is 14.0. The molecule has 1 aliphatic heterocycles. The van der Waals surface area contributed by atoms with Crippen molar-refractivity contribution >= 4 is 35.6 Å². The monoisotopic (exact) mass is 441 g/mol.